The Kier molecular flexibility index (Phi) is 4.59. The Bertz CT molecular complexity index is 832. The van der Waals surface area contributed by atoms with Gasteiger partial charge in [-0.3, -0.25) is 4.98 Å². The Morgan fingerprint density at radius 2 is 1.96 bits per heavy atom. The molecule has 0 atom stereocenters. The summed E-state index contributed by atoms with van der Waals surface area (Å²) in [6.45, 7) is 0.900. The van der Waals surface area contributed by atoms with Gasteiger partial charge in [-0.05, 0) is 53.8 Å². The molecule has 0 amide bonds. The number of nitrogens with one attached hydrogen (secondary N) is 1. The molecule has 117 valence electrons. The number of anilines is 2. The first-order chi connectivity index (χ1) is 11.0. The van der Waals surface area contributed by atoms with Crippen LogP contribution >= 0.6 is 15.9 Å². The van der Waals surface area contributed by atoms with E-state index in [9.17, 15) is 4.39 Å². The van der Waals surface area contributed by atoms with Crippen molar-refractivity contribution in [3.8, 4) is 0 Å². The van der Waals surface area contributed by atoms with Gasteiger partial charge < -0.3 is 10.2 Å². The molecule has 1 aromatic heterocycles. The van der Waals surface area contributed by atoms with Crippen LogP contribution in [0.3, 0.4) is 0 Å². The minimum absolute atomic E-state index is 0.324. The highest BCUT2D eigenvalue weighted by Crippen LogP contribution is 2.29. The zero-order valence-electron chi connectivity index (χ0n) is 12.9. The number of halogens is 2. The number of benzene rings is 2. The van der Waals surface area contributed by atoms with Crippen molar-refractivity contribution >= 4 is 38.2 Å². The van der Waals surface area contributed by atoms with E-state index in [0.717, 1.165) is 23.3 Å². The van der Waals surface area contributed by atoms with E-state index in [1.807, 2.05) is 26.2 Å². The van der Waals surface area contributed by atoms with Gasteiger partial charge >= 0.3 is 0 Å². The highest BCUT2D eigenvalue weighted by molar-refractivity contribution is 9.10. The van der Waals surface area contributed by atoms with E-state index in [1.165, 1.54) is 11.6 Å². The first-order valence-corrected chi connectivity index (χ1v) is 7.98. The van der Waals surface area contributed by atoms with Crippen LogP contribution in [0.15, 0.2) is 47.1 Å². The lowest BCUT2D eigenvalue weighted by atomic mass is 10.1. The Morgan fingerprint density at radius 1 is 1.22 bits per heavy atom. The van der Waals surface area contributed by atoms with Gasteiger partial charge in [0.05, 0.1) is 15.7 Å². The quantitative estimate of drug-likeness (QED) is 0.716. The van der Waals surface area contributed by atoms with Gasteiger partial charge in [0.2, 0.25) is 0 Å². The van der Waals surface area contributed by atoms with Gasteiger partial charge in [-0.15, -0.1) is 0 Å². The molecular weight excluding hydrogens is 357 g/mol. The van der Waals surface area contributed by atoms with Gasteiger partial charge in [0, 0.05) is 35.9 Å². The maximum atomic E-state index is 13.6. The zero-order valence-corrected chi connectivity index (χ0v) is 14.5. The SMILES string of the molecule is CN(C)Cc1ccc(Nc2[c]cnc3cc(F)c(Br)cc23)cc1. The molecule has 3 nitrogen and oxygen atoms in total. The molecule has 0 saturated heterocycles. The van der Waals surface area contributed by atoms with Crippen molar-refractivity contribution in [2.45, 2.75) is 6.54 Å². The van der Waals surface area contributed by atoms with Crippen molar-refractivity contribution in [1.82, 2.24) is 9.88 Å². The highest BCUT2D eigenvalue weighted by Gasteiger charge is 2.08. The topological polar surface area (TPSA) is 28.2 Å². The van der Waals surface area contributed by atoms with Gasteiger partial charge in [-0.2, -0.15) is 0 Å². The number of hydrogen-bond acceptors (Lipinski definition) is 3. The molecule has 0 aliphatic rings. The van der Waals surface area contributed by atoms with Crippen LogP contribution in [0.4, 0.5) is 15.8 Å². The van der Waals surface area contributed by atoms with Gasteiger partial charge in [0.1, 0.15) is 5.82 Å². The maximum absolute atomic E-state index is 13.6. The zero-order chi connectivity index (χ0) is 16.4. The van der Waals surface area contributed by atoms with Crippen molar-refractivity contribution in [1.29, 1.82) is 0 Å². The molecule has 1 radical (unpaired) electrons. The first-order valence-electron chi connectivity index (χ1n) is 7.19. The molecule has 1 N–H and O–H groups in total. The van der Waals surface area contributed by atoms with Gasteiger partial charge in [0.15, 0.2) is 0 Å². The molecule has 0 unspecified atom stereocenters. The molecule has 0 aliphatic carbocycles. The average Bonchev–Trinajstić information content (AvgIpc) is 2.51. The molecular formula is C18H16BrFN3. The van der Waals surface area contributed by atoms with Gasteiger partial charge in [0.25, 0.3) is 0 Å². The summed E-state index contributed by atoms with van der Waals surface area (Å²) in [6.07, 6.45) is 1.55. The molecule has 0 bridgehead atoms. The van der Waals surface area contributed by atoms with E-state index in [-0.39, 0.29) is 5.82 Å². The van der Waals surface area contributed by atoms with Crippen LogP contribution in [0.25, 0.3) is 10.9 Å². The van der Waals surface area contributed by atoms with Gasteiger partial charge in [-0.25, -0.2) is 4.39 Å². The second-order valence-corrected chi connectivity index (χ2v) is 6.48. The lowest BCUT2D eigenvalue weighted by Gasteiger charge is -2.12. The molecule has 0 fully saturated rings. The fraction of sp³-hybridized carbons (Fsp3) is 0.167. The van der Waals surface area contributed by atoms with Crippen LogP contribution in [-0.4, -0.2) is 24.0 Å². The third kappa shape index (κ3) is 3.68. The summed E-state index contributed by atoms with van der Waals surface area (Å²) < 4.78 is 14.0. The molecule has 0 saturated carbocycles. The van der Waals surface area contributed by atoms with Crippen LogP contribution in [0, 0.1) is 11.9 Å². The summed E-state index contributed by atoms with van der Waals surface area (Å²) in [5.74, 6) is -0.324. The maximum Gasteiger partial charge on any atom is 0.139 e. The van der Waals surface area contributed by atoms with Crippen molar-refractivity contribution in [2.75, 3.05) is 19.4 Å². The van der Waals surface area contributed by atoms with Crippen LogP contribution in [0.5, 0.6) is 0 Å². The largest absolute Gasteiger partial charge is 0.354 e. The lowest BCUT2D eigenvalue weighted by Crippen LogP contribution is -2.10. The van der Waals surface area contributed by atoms with E-state index < -0.39 is 0 Å². The average molecular weight is 373 g/mol. The molecule has 23 heavy (non-hydrogen) atoms. The van der Waals surface area contributed by atoms with Crippen molar-refractivity contribution in [3.05, 3.63) is 64.5 Å². The third-order valence-electron chi connectivity index (χ3n) is 3.44. The second-order valence-electron chi connectivity index (χ2n) is 5.62. The third-order valence-corrected chi connectivity index (χ3v) is 4.05. The highest BCUT2D eigenvalue weighted by atomic mass is 79.9. The van der Waals surface area contributed by atoms with Crippen molar-refractivity contribution < 1.29 is 4.39 Å². The molecule has 1 heterocycles. The predicted molar refractivity (Wildman–Crippen MR) is 95.4 cm³/mol. The fourth-order valence-corrected chi connectivity index (χ4v) is 2.74. The van der Waals surface area contributed by atoms with E-state index >= 15 is 0 Å². The molecule has 2 aromatic carbocycles. The number of nitrogens with zero attached hydrogens (tertiary/aromatic N) is 2. The van der Waals surface area contributed by atoms with Gasteiger partial charge in [-0.1, -0.05) is 12.1 Å². The Morgan fingerprint density at radius 3 is 2.65 bits per heavy atom. The minimum atomic E-state index is -0.324. The monoisotopic (exact) mass is 372 g/mol. The first kappa shape index (κ1) is 15.9. The predicted octanol–water partition coefficient (Wildman–Crippen LogP) is 4.74. The van der Waals surface area contributed by atoms with E-state index in [4.69, 9.17) is 0 Å². The Hall–Kier alpha value is -1.98. The van der Waals surface area contributed by atoms with Crippen molar-refractivity contribution in [2.24, 2.45) is 0 Å². The van der Waals surface area contributed by atoms with E-state index in [0.29, 0.717) is 9.99 Å². The van der Waals surface area contributed by atoms with E-state index in [1.54, 1.807) is 12.3 Å². The summed E-state index contributed by atoms with van der Waals surface area (Å²) in [4.78, 5) is 6.29. The normalized spacial score (nSPS) is 11.2. The number of pyridine rings is 1. The Labute approximate surface area is 143 Å². The molecule has 5 heteroatoms. The standard InChI is InChI=1S/C18H16BrFN3/c1-23(2)11-12-3-5-13(6-4-12)22-17-7-8-21-18-10-16(20)15(19)9-14(17)18/h3-6,8-10H,11H2,1-2H3,(H,21,22). The molecule has 0 aliphatic heterocycles. The van der Waals surface area contributed by atoms with E-state index in [2.05, 4.69) is 49.3 Å². The second kappa shape index (κ2) is 6.64. The summed E-state index contributed by atoms with van der Waals surface area (Å²) in [5.41, 5.74) is 3.57. The van der Waals surface area contributed by atoms with Crippen LogP contribution in [-0.2, 0) is 6.54 Å². The summed E-state index contributed by atoms with van der Waals surface area (Å²) >= 11 is 3.22. The number of rotatable bonds is 4. The summed E-state index contributed by atoms with van der Waals surface area (Å²) in [5, 5.41) is 4.14. The number of hydrogen-bond donors (Lipinski definition) is 1. The lowest BCUT2D eigenvalue weighted by molar-refractivity contribution is 0.402. The summed E-state index contributed by atoms with van der Waals surface area (Å²) in [6, 6.07) is 14.4. The number of aromatic nitrogens is 1. The van der Waals surface area contributed by atoms with Crippen LogP contribution in [0.2, 0.25) is 0 Å². The van der Waals surface area contributed by atoms with Crippen LogP contribution in [0.1, 0.15) is 5.56 Å². The Balaban J connectivity index is 1.90. The molecule has 3 aromatic rings. The van der Waals surface area contributed by atoms with Crippen LogP contribution < -0.4 is 5.32 Å². The number of fused-ring (bicyclic) bond motifs is 1. The minimum Gasteiger partial charge on any atom is -0.354 e. The molecule has 3 rings (SSSR count). The van der Waals surface area contributed by atoms with Crippen molar-refractivity contribution in [3.63, 3.8) is 0 Å². The smallest absolute Gasteiger partial charge is 0.139 e. The fourth-order valence-electron chi connectivity index (χ4n) is 2.39. The molecule has 0 spiro atoms. The summed E-state index contributed by atoms with van der Waals surface area (Å²) in [7, 11) is 4.09.